The summed E-state index contributed by atoms with van der Waals surface area (Å²) in [7, 11) is 0. The minimum atomic E-state index is -0.507. The van der Waals surface area contributed by atoms with Crippen molar-refractivity contribution in [3.63, 3.8) is 0 Å². The van der Waals surface area contributed by atoms with E-state index in [-0.39, 0.29) is 5.69 Å². The molecule has 0 fully saturated rings. The lowest BCUT2D eigenvalue weighted by molar-refractivity contribution is 0.102. The van der Waals surface area contributed by atoms with Gasteiger partial charge in [0.25, 0.3) is 5.91 Å². The number of carbonyl (C=O) groups excluding carboxylic acids is 1. The second kappa shape index (κ2) is 10.3. The highest BCUT2D eigenvalue weighted by Gasteiger charge is 2.19. The van der Waals surface area contributed by atoms with Crippen molar-refractivity contribution in [2.24, 2.45) is 0 Å². The number of carbonyl (C=O) groups is 1. The minimum absolute atomic E-state index is 0.107. The standard InChI is InChI=1S/C28H28FN5O2/c1-18-13-22(14-19(2)26(18)36-17-20-7-6-11-30-16-20)28(35)31-24-15-21(9-10-23(24)29)27-33-32-25-8-4-3-5-12-34(25)27/h6-7,9-11,13-16H,3-5,8,12,17H2,1-2H3,(H,31,35). The number of nitrogens with one attached hydrogen (secondary N) is 1. The molecule has 0 saturated heterocycles. The molecule has 184 valence electrons. The van der Waals surface area contributed by atoms with Crippen LogP contribution in [0.3, 0.4) is 0 Å². The van der Waals surface area contributed by atoms with E-state index in [1.165, 1.54) is 6.07 Å². The highest BCUT2D eigenvalue weighted by molar-refractivity contribution is 6.05. The van der Waals surface area contributed by atoms with Gasteiger partial charge in [-0.05, 0) is 74.2 Å². The van der Waals surface area contributed by atoms with Gasteiger partial charge >= 0.3 is 0 Å². The molecule has 7 nitrogen and oxygen atoms in total. The van der Waals surface area contributed by atoms with Crippen LogP contribution in [-0.4, -0.2) is 25.7 Å². The van der Waals surface area contributed by atoms with Gasteiger partial charge in [0.2, 0.25) is 0 Å². The number of hydrogen-bond acceptors (Lipinski definition) is 5. The van der Waals surface area contributed by atoms with Crippen molar-refractivity contribution in [3.8, 4) is 17.1 Å². The zero-order chi connectivity index (χ0) is 25.1. The molecule has 0 radical (unpaired) electrons. The number of nitrogens with zero attached hydrogens (tertiary/aromatic N) is 4. The first-order valence-electron chi connectivity index (χ1n) is 12.2. The van der Waals surface area contributed by atoms with Crippen molar-refractivity contribution in [2.75, 3.05) is 5.32 Å². The van der Waals surface area contributed by atoms with Crippen LogP contribution in [0.5, 0.6) is 5.75 Å². The van der Waals surface area contributed by atoms with Gasteiger partial charge in [-0.15, -0.1) is 10.2 Å². The molecule has 0 saturated carbocycles. The molecule has 1 aliphatic rings. The quantitative estimate of drug-likeness (QED) is 0.381. The molecule has 8 heteroatoms. The third kappa shape index (κ3) is 4.98. The maximum Gasteiger partial charge on any atom is 0.255 e. The molecule has 2 aromatic carbocycles. The van der Waals surface area contributed by atoms with Crippen LogP contribution >= 0.6 is 0 Å². The topological polar surface area (TPSA) is 81.9 Å². The van der Waals surface area contributed by atoms with E-state index in [2.05, 4.69) is 25.1 Å². The Morgan fingerprint density at radius 2 is 1.92 bits per heavy atom. The predicted molar refractivity (Wildman–Crippen MR) is 135 cm³/mol. The molecule has 1 N–H and O–H groups in total. The Morgan fingerprint density at radius 3 is 2.69 bits per heavy atom. The van der Waals surface area contributed by atoms with Gasteiger partial charge in [0.1, 0.15) is 24.0 Å². The maximum absolute atomic E-state index is 14.7. The van der Waals surface area contributed by atoms with Crippen LogP contribution in [0.4, 0.5) is 10.1 Å². The van der Waals surface area contributed by atoms with Gasteiger partial charge in [0.05, 0.1) is 5.69 Å². The first kappa shape index (κ1) is 23.7. The summed E-state index contributed by atoms with van der Waals surface area (Å²) in [6.07, 6.45) is 7.66. The van der Waals surface area contributed by atoms with Crippen LogP contribution in [-0.2, 0) is 19.6 Å². The molecule has 5 rings (SSSR count). The van der Waals surface area contributed by atoms with Crippen molar-refractivity contribution < 1.29 is 13.9 Å². The zero-order valence-corrected chi connectivity index (χ0v) is 20.4. The first-order valence-corrected chi connectivity index (χ1v) is 12.2. The number of rotatable bonds is 6. The molecule has 2 aromatic heterocycles. The smallest absolute Gasteiger partial charge is 0.255 e. The monoisotopic (exact) mass is 485 g/mol. The number of amides is 1. The molecular formula is C28H28FN5O2. The van der Waals surface area contributed by atoms with Crippen LogP contribution in [0.25, 0.3) is 11.4 Å². The van der Waals surface area contributed by atoms with Gasteiger partial charge in [-0.2, -0.15) is 0 Å². The summed E-state index contributed by atoms with van der Waals surface area (Å²) >= 11 is 0. The lowest BCUT2D eigenvalue weighted by Gasteiger charge is -2.15. The van der Waals surface area contributed by atoms with E-state index < -0.39 is 11.7 Å². The highest BCUT2D eigenvalue weighted by atomic mass is 19.1. The average Bonchev–Trinajstić information content (AvgIpc) is 3.13. The lowest BCUT2D eigenvalue weighted by atomic mass is 10.0. The second-order valence-electron chi connectivity index (χ2n) is 9.14. The molecular weight excluding hydrogens is 457 g/mol. The zero-order valence-electron chi connectivity index (χ0n) is 20.4. The van der Waals surface area contributed by atoms with Gasteiger partial charge in [0, 0.05) is 42.0 Å². The summed E-state index contributed by atoms with van der Waals surface area (Å²) in [5.74, 6) is 1.47. The first-order chi connectivity index (χ1) is 17.5. The number of pyridine rings is 1. The van der Waals surface area contributed by atoms with Crippen LogP contribution < -0.4 is 10.1 Å². The largest absolute Gasteiger partial charge is 0.488 e. The summed E-state index contributed by atoms with van der Waals surface area (Å²) < 4.78 is 22.8. The summed E-state index contributed by atoms with van der Waals surface area (Å²) in [4.78, 5) is 17.2. The number of aromatic nitrogens is 4. The van der Waals surface area contributed by atoms with Gasteiger partial charge in [-0.1, -0.05) is 12.5 Å². The molecule has 1 aliphatic heterocycles. The highest BCUT2D eigenvalue weighted by Crippen LogP contribution is 2.29. The van der Waals surface area contributed by atoms with E-state index in [9.17, 15) is 9.18 Å². The molecule has 4 aromatic rings. The fourth-order valence-electron chi connectivity index (χ4n) is 4.60. The van der Waals surface area contributed by atoms with Crippen molar-refractivity contribution >= 4 is 11.6 Å². The summed E-state index contributed by atoms with van der Waals surface area (Å²) in [6, 6.07) is 12.0. The molecule has 0 spiro atoms. The van der Waals surface area contributed by atoms with E-state index in [4.69, 9.17) is 4.74 Å². The molecule has 0 atom stereocenters. The summed E-state index contributed by atoms with van der Waals surface area (Å²) in [5.41, 5.74) is 3.86. The normalized spacial score (nSPS) is 13.1. The second-order valence-corrected chi connectivity index (χ2v) is 9.14. The predicted octanol–water partition coefficient (Wildman–Crippen LogP) is 5.65. The van der Waals surface area contributed by atoms with Gasteiger partial charge in [-0.3, -0.25) is 9.78 Å². The summed E-state index contributed by atoms with van der Waals surface area (Å²) in [6.45, 7) is 5.00. The fourth-order valence-corrected chi connectivity index (χ4v) is 4.60. The third-order valence-corrected chi connectivity index (χ3v) is 6.41. The van der Waals surface area contributed by atoms with E-state index in [0.29, 0.717) is 18.0 Å². The number of fused-ring (bicyclic) bond motifs is 1. The van der Waals surface area contributed by atoms with E-state index in [0.717, 1.165) is 66.1 Å². The Labute approximate surface area is 209 Å². The minimum Gasteiger partial charge on any atom is -0.488 e. The Kier molecular flexibility index (Phi) is 6.75. The Hall–Kier alpha value is -4.07. The summed E-state index contributed by atoms with van der Waals surface area (Å²) in [5, 5.41) is 11.4. The SMILES string of the molecule is Cc1cc(C(=O)Nc2cc(-c3nnc4n3CCCCC4)ccc2F)cc(C)c1OCc1cccnc1. The molecule has 0 aliphatic carbocycles. The van der Waals surface area contributed by atoms with E-state index >= 15 is 0 Å². The number of aryl methyl sites for hydroxylation is 3. The van der Waals surface area contributed by atoms with Crippen molar-refractivity contribution in [1.29, 1.82) is 0 Å². The lowest BCUT2D eigenvalue weighted by Crippen LogP contribution is -2.14. The number of benzene rings is 2. The fraction of sp³-hybridized carbons (Fsp3) is 0.286. The van der Waals surface area contributed by atoms with E-state index in [1.54, 1.807) is 36.7 Å². The van der Waals surface area contributed by atoms with Gasteiger partial charge in [0.15, 0.2) is 5.82 Å². The average molecular weight is 486 g/mol. The van der Waals surface area contributed by atoms with Crippen molar-refractivity contribution in [1.82, 2.24) is 19.7 Å². The number of anilines is 1. The van der Waals surface area contributed by atoms with Crippen molar-refractivity contribution in [3.05, 3.63) is 88.8 Å². The Balaban J connectivity index is 1.35. The number of halogens is 1. The molecule has 1 amide bonds. The molecule has 36 heavy (non-hydrogen) atoms. The van der Waals surface area contributed by atoms with Crippen molar-refractivity contribution in [2.45, 2.75) is 52.7 Å². The maximum atomic E-state index is 14.7. The Bertz CT molecular complexity index is 1380. The number of hydrogen-bond donors (Lipinski definition) is 1. The molecule has 3 heterocycles. The number of ether oxygens (including phenoxy) is 1. The third-order valence-electron chi connectivity index (χ3n) is 6.41. The molecule has 0 bridgehead atoms. The van der Waals surface area contributed by atoms with Gasteiger partial charge in [-0.25, -0.2) is 4.39 Å². The van der Waals surface area contributed by atoms with Crippen LogP contribution in [0.15, 0.2) is 54.9 Å². The molecule has 0 unspecified atom stereocenters. The van der Waals surface area contributed by atoms with E-state index in [1.807, 2.05) is 26.0 Å². The Morgan fingerprint density at radius 1 is 1.08 bits per heavy atom. The van der Waals surface area contributed by atoms with Crippen LogP contribution in [0.1, 0.15) is 52.1 Å². The van der Waals surface area contributed by atoms with Crippen LogP contribution in [0, 0.1) is 19.7 Å². The van der Waals surface area contributed by atoms with Crippen LogP contribution in [0.2, 0.25) is 0 Å². The van der Waals surface area contributed by atoms with Gasteiger partial charge < -0.3 is 14.6 Å².